The summed E-state index contributed by atoms with van der Waals surface area (Å²) in [6.07, 6.45) is 0.562. The summed E-state index contributed by atoms with van der Waals surface area (Å²) in [5.74, 6) is -0.282. The number of rotatable bonds is 3. The fraction of sp³-hybridized carbons (Fsp3) is 0.308. The number of nitrogens with zero attached hydrogens (tertiary/aromatic N) is 1. The molecule has 2 aromatic rings. The first-order valence-corrected chi connectivity index (χ1v) is 7.22. The van der Waals surface area contributed by atoms with Gasteiger partial charge in [-0.3, -0.25) is 0 Å². The number of aromatic nitrogens is 1. The van der Waals surface area contributed by atoms with Gasteiger partial charge in [0.15, 0.2) is 0 Å². The van der Waals surface area contributed by atoms with E-state index in [0.717, 1.165) is 10.7 Å². The second-order valence-electron chi connectivity index (χ2n) is 4.20. The summed E-state index contributed by atoms with van der Waals surface area (Å²) in [5, 5.41) is 0.955. The van der Waals surface area contributed by atoms with Gasteiger partial charge in [0.1, 0.15) is 5.82 Å². The van der Waals surface area contributed by atoms with E-state index in [1.54, 1.807) is 29.5 Å². The van der Waals surface area contributed by atoms with Gasteiger partial charge in [-0.25, -0.2) is 9.37 Å². The van der Waals surface area contributed by atoms with Gasteiger partial charge in [0.05, 0.1) is 15.2 Å². The quantitative estimate of drug-likeness (QED) is 0.927. The molecule has 0 fully saturated rings. The number of hydrogen-bond acceptors (Lipinski definition) is 3. The largest absolute Gasteiger partial charge is 0.324 e. The van der Waals surface area contributed by atoms with Crippen molar-refractivity contribution < 1.29 is 4.39 Å². The van der Waals surface area contributed by atoms with Crippen molar-refractivity contribution >= 4 is 27.3 Å². The van der Waals surface area contributed by atoms with Crippen molar-refractivity contribution in [1.29, 1.82) is 0 Å². The zero-order valence-corrected chi connectivity index (χ0v) is 12.6. The Morgan fingerprint density at radius 3 is 2.78 bits per heavy atom. The lowest BCUT2D eigenvalue weighted by Crippen LogP contribution is -2.15. The molecule has 0 radical (unpaired) electrons. The molecule has 96 valence electrons. The average Bonchev–Trinajstić information content (AvgIpc) is 2.61. The van der Waals surface area contributed by atoms with Crippen molar-refractivity contribution in [2.45, 2.75) is 26.3 Å². The third kappa shape index (κ3) is 2.79. The molecule has 0 saturated carbocycles. The maximum atomic E-state index is 13.9. The van der Waals surface area contributed by atoms with E-state index in [1.165, 1.54) is 4.88 Å². The van der Waals surface area contributed by atoms with Gasteiger partial charge in [0.25, 0.3) is 0 Å². The van der Waals surface area contributed by atoms with Crippen LogP contribution in [0.4, 0.5) is 4.39 Å². The lowest BCUT2D eigenvalue weighted by molar-refractivity contribution is 0.574. The van der Waals surface area contributed by atoms with Gasteiger partial charge >= 0.3 is 0 Å². The highest BCUT2D eigenvalue weighted by Crippen LogP contribution is 2.26. The molecule has 2 rings (SSSR count). The summed E-state index contributed by atoms with van der Waals surface area (Å²) in [6.45, 7) is 4.00. The molecule has 5 heteroatoms. The van der Waals surface area contributed by atoms with Crippen molar-refractivity contribution in [3.63, 3.8) is 0 Å². The molecule has 2 N–H and O–H groups in total. The molecular formula is C13H14BrFN2S. The number of halogens is 2. The first kappa shape index (κ1) is 13.6. The van der Waals surface area contributed by atoms with Crippen LogP contribution in [0.15, 0.2) is 22.7 Å². The van der Waals surface area contributed by atoms with Crippen LogP contribution in [0.5, 0.6) is 0 Å². The maximum Gasteiger partial charge on any atom is 0.142 e. The number of nitrogens with two attached hydrogens (primary N) is 1. The molecule has 0 aliphatic carbocycles. The summed E-state index contributed by atoms with van der Waals surface area (Å²) >= 11 is 4.79. The lowest BCUT2D eigenvalue weighted by atomic mass is 10.0. The zero-order valence-electron chi connectivity index (χ0n) is 10.2. The van der Waals surface area contributed by atoms with Crippen LogP contribution in [0, 0.1) is 19.7 Å². The van der Waals surface area contributed by atoms with Crippen LogP contribution >= 0.6 is 27.3 Å². The van der Waals surface area contributed by atoms with Crippen molar-refractivity contribution in [1.82, 2.24) is 4.98 Å². The van der Waals surface area contributed by atoms with Crippen LogP contribution in [0.1, 0.15) is 27.2 Å². The third-order valence-electron chi connectivity index (χ3n) is 2.85. The van der Waals surface area contributed by atoms with Gasteiger partial charge in [0, 0.05) is 22.9 Å². The number of thiazole rings is 1. The topological polar surface area (TPSA) is 38.9 Å². The Kier molecular flexibility index (Phi) is 4.14. The fourth-order valence-electron chi connectivity index (χ4n) is 1.73. The number of aryl methyl sites for hydroxylation is 2. The lowest BCUT2D eigenvalue weighted by Gasteiger charge is -2.12. The predicted octanol–water partition coefficient (Wildman–Crippen LogP) is 3.90. The van der Waals surface area contributed by atoms with Gasteiger partial charge in [-0.2, -0.15) is 0 Å². The van der Waals surface area contributed by atoms with Crippen molar-refractivity contribution in [3.05, 3.63) is 49.6 Å². The smallest absolute Gasteiger partial charge is 0.142 e. The molecule has 1 heterocycles. The highest BCUT2D eigenvalue weighted by atomic mass is 79.9. The SMILES string of the molecule is Cc1nc(CC(N)c2cccc(Br)c2F)sc1C. The van der Waals surface area contributed by atoms with Gasteiger partial charge < -0.3 is 5.73 Å². The van der Waals surface area contributed by atoms with Gasteiger partial charge in [-0.05, 0) is 35.8 Å². The van der Waals surface area contributed by atoms with Gasteiger partial charge in [-0.1, -0.05) is 12.1 Å². The second kappa shape index (κ2) is 5.47. The molecule has 1 unspecified atom stereocenters. The van der Waals surface area contributed by atoms with E-state index >= 15 is 0 Å². The minimum absolute atomic E-state index is 0.282. The first-order valence-electron chi connectivity index (χ1n) is 5.61. The highest BCUT2D eigenvalue weighted by molar-refractivity contribution is 9.10. The molecule has 2 nitrogen and oxygen atoms in total. The Morgan fingerprint density at radius 2 is 2.17 bits per heavy atom. The maximum absolute atomic E-state index is 13.9. The summed E-state index contributed by atoms with van der Waals surface area (Å²) in [4.78, 5) is 5.62. The summed E-state index contributed by atoms with van der Waals surface area (Å²) < 4.78 is 14.3. The molecule has 1 aromatic heterocycles. The van der Waals surface area contributed by atoms with Crippen LogP contribution in [-0.4, -0.2) is 4.98 Å². The van der Waals surface area contributed by atoms with Gasteiger partial charge in [0.2, 0.25) is 0 Å². The molecular weight excluding hydrogens is 315 g/mol. The Morgan fingerprint density at radius 1 is 1.44 bits per heavy atom. The molecule has 0 spiro atoms. The van der Waals surface area contributed by atoms with E-state index in [-0.39, 0.29) is 11.9 Å². The predicted molar refractivity (Wildman–Crippen MR) is 76.3 cm³/mol. The van der Waals surface area contributed by atoms with Crippen LogP contribution in [-0.2, 0) is 6.42 Å². The van der Waals surface area contributed by atoms with Crippen LogP contribution in [0.2, 0.25) is 0 Å². The molecule has 0 amide bonds. The minimum atomic E-state index is -0.368. The standard InChI is InChI=1S/C13H14BrFN2S/c1-7-8(2)18-12(17-7)6-11(16)9-4-3-5-10(14)13(9)15/h3-5,11H,6,16H2,1-2H3. The van der Waals surface area contributed by atoms with E-state index in [2.05, 4.69) is 20.9 Å². The van der Waals surface area contributed by atoms with Gasteiger partial charge in [-0.15, -0.1) is 11.3 Å². The monoisotopic (exact) mass is 328 g/mol. The Labute approximate surface area is 118 Å². The van der Waals surface area contributed by atoms with Crippen LogP contribution < -0.4 is 5.73 Å². The first-order chi connectivity index (χ1) is 8.49. The second-order valence-corrected chi connectivity index (χ2v) is 6.34. The van der Waals surface area contributed by atoms with Crippen LogP contribution in [0.3, 0.4) is 0 Å². The van der Waals surface area contributed by atoms with E-state index in [0.29, 0.717) is 16.5 Å². The molecule has 1 atom stereocenters. The zero-order chi connectivity index (χ0) is 13.3. The fourth-order valence-corrected chi connectivity index (χ4v) is 3.11. The number of benzene rings is 1. The molecule has 0 aliphatic heterocycles. The highest BCUT2D eigenvalue weighted by Gasteiger charge is 2.16. The molecule has 1 aromatic carbocycles. The molecule has 0 saturated heterocycles. The van der Waals surface area contributed by atoms with E-state index in [1.807, 2.05) is 13.8 Å². The molecule has 18 heavy (non-hydrogen) atoms. The van der Waals surface area contributed by atoms with Crippen molar-refractivity contribution in [3.8, 4) is 0 Å². The minimum Gasteiger partial charge on any atom is -0.324 e. The summed E-state index contributed by atoms with van der Waals surface area (Å²) in [5.41, 5.74) is 7.61. The van der Waals surface area contributed by atoms with E-state index in [4.69, 9.17) is 5.73 Å². The molecule has 0 aliphatic rings. The van der Waals surface area contributed by atoms with Crippen molar-refractivity contribution in [2.24, 2.45) is 5.73 Å². The average molecular weight is 329 g/mol. The summed E-state index contributed by atoms with van der Waals surface area (Å²) in [6, 6.07) is 4.81. The van der Waals surface area contributed by atoms with E-state index in [9.17, 15) is 4.39 Å². The Hall–Kier alpha value is -0.780. The summed E-state index contributed by atoms with van der Waals surface area (Å²) in [7, 11) is 0. The third-order valence-corrected chi connectivity index (χ3v) is 4.56. The Balaban J connectivity index is 2.21. The normalized spacial score (nSPS) is 12.7. The molecule has 0 bridgehead atoms. The Bertz CT molecular complexity index is 549. The van der Waals surface area contributed by atoms with Crippen LogP contribution in [0.25, 0.3) is 0 Å². The van der Waals surface area contributed by atoms with Crippen molar-refractivity contribution in [2.75, 3.05) is 0 Å². The number of hydrogen-bond donors (Lipinski definition) is 1. The van der Waals surface area contributed by atoms with E-state index < -0.39 is 0 Å².